The molecular formula is C20H19ClN2O6. The Bertz CT molecular complexity index is 929. The molecule has 2 bridgehead atoms. The highest BCUT2D eigenvalue weighted by Crippen LogP contribution is 2.52. The number of fused-ring (bicyclic) bond motifs is 5. The van der Waals surface area contributed by atoms with E-state index in [1.165, 1.54) is 32.4 Å². The second-order valence-electron chi connectivity index (χ2n) is 7.37. The minimum Gasteiger partial charge on any atom is -0.493 e. The van der Waals surface area contributed by atoms with E-state index >= 15 is 0 Å². The Morgan fingerprint density at radius 1 is 1.28 bits per heavy atom. The Morgan fingerprint density at radius 3 is 2.45 bits per heavy atom. The topological polar surface area (TPSA) is 106 Å². The normalized spacial score (nSPS) is 28.3. The van der Waals surface area contributed by atoms with Crippen molar-refractivity contribution in [2.75, 3.05) is 7.11 Å². The van der Waals surface area contributed by atoms with Gasteiger partial charge in [-0.05, 0) is 42.9 Å². The highest BCUT2D eigenvalue weighted by atomic mass is 35.5. The summed E-state index contributed by atoms with van der Waals surface area (Å²) in [6.45, 7) is 1.37. The molecule has 1 aliphatic heterocycles. The van der Waals surface area contributed by atoms with E-state index in [-0.39, 0.29) is 52.0 Å². The number of benzene rings is 1. The van der Waals surface area contributed by atoms with Crippen LogP contribution in [0.15, 0.2) is 29.4 Å². The lowest BCUT2D eigenvalue weighted by atomic mass is 9.85. The molecule has 1 saturated carbocycles. The average molecular weight is 419 g/mol. The molecule has 0 spiro atoms. The first-order chi connectivity index (χ1) is 13.8. The Kier molecular flexibility index (Phi) is 4.82. The fourth-order valence-corrected chi connectivity index (χ4v) is 4.54. The quantitative estimate of drug-likeness (QED) is 0.432. The van der Waals surface area contributed by atoms with E-state index in [9.17, 15) is 14.4 Å². The van der Waals surface area contributed by atoms with E-state index in [4.69, 9.17) is 26.2 Å². The number of aliphatic carboxylic acids is 1. The van der Waals surface area contributed by atoms with Crippen LogP contribution < -0.4 is 9.47 Å². The monoisotopic (exact) mass is 418 g/mol. The lowest BCUT2D eigenvalue weighted by Crippen LogP contribution is -2.28. The van der Waals surface area contributed by atoms with E-state index in [1.807, 2.05) is 12.2 Å². The zero-order valence-electron chi connectivity index (χ0n) is 15.7. The highest BCUT2D eigenvalue weighted by molar-refractivity contribution is 6.32. The van der Waals surface area contributed by atoms with Crippen molar-refractivity contribution < 1.29 is 29.0 Å². The van der Waals surface area contributed by atoms with Crippen molar-refractivity contribution in [2.24, 2.45) is 28.8 Å². The van der Waals surface area contributed by atoms with Crippen molar-refractivity contribution in [1.82, 2.24) is 5.01 Å². The summed E-state index contributed by atoms with van der Waals surface area (Å²) in [6, 6.07) is 3.03. The zero-order chi connectivity index (χ0) is 20.9. The summed E-state index contributed by atoms with van der Waals surface area (Å²) in [6.07, 6.45) is 5.12. The maximum atomic E-state index is 12.7. The largest absolute Gasteiger partial charge is 0.493 e. The fourth-order valence-electron chi connectivity index (χ4n) is 4.28. The van der Waals surface area contributed by atoms with Crippen molar-refractivity contribution in [1.29, 1.82) is 0 Å². The molecule has 1 aromatic carbocycles. The van der Waals surface area contributed by atoms with Crippen LogP contribution in [0.1, 0.15) is 18.9 Å². The van der Waals surface area contributed by atoms with E-state index in [2.05, 4.69) is 5.10 Å². The van der Waals surface area contributed by atoms with Gasteiger partial charge in [-0.1, -0.05) is 23.8 Å². The molecule has 2 amide bonds. The average Bonchev–Trinajstić information content (AvgIpc) is 3.36. The molecule has 5 atom stereocenters. The van der Waals surface area contributed by atoms with Gasteiger partial charge in [-0.2, -0.15) is 10.1 Å². The number of hydrazone groups is 1. The van der Waals surface area contributed by atoms with Gasteiger partial charge in [0.1, 0.15) is 0 Å². The first-order valence-electron chi connectivity index (χ1n) is 9.19. The maximum absolute atomic E-state index is 12.7. The summed E-state index contributed by atoms with van der Waals surface area (Å²) in [4.78, 5) is 36.4. The summed E-state index contributed by atoms with van der Waals surface area (Å²) in [5, 5.41) is 14.2. The molecule has 0 radical (unpaired) electrons. The van der Waals surface area contributed by atoms with Gasteiger partial charge in [0.05, 0.1) is 30.2 Å². The van der Waals surface area contributed by atoms with Gasteiger partial charge in [-0.25, -0.2) is 4.79 Å². The highest BCUT2D eigenvalue weighted by Gasteiger charge is 2.59. The van der Waals surface area contributed by atoms with Crippen LogP contribution in [-0.2, 0) is 14.4 Å². The minimum atomic E-state index is -1.14. The van der Waals surface area contributed by atoms with Gasteiger partial charge >= 0.3 is 5.97 Å². The number of imide groups is 1. The number of halogens is 1. The Hall–Kier alpha value is -2.87. The molecule has 4 rings (SSSR count). The lowest BCUT2D eigenvalue weighted by Gasteiger charge is -2.16. The standard InChI is InChI=1S/C20H19ClN2O6/c1-9(20(26)27)29-17-13(21)5-10(6-14(17)28-2)8-22-23-18(24)15-11-3-4-12(7-11)16(15)19(23)25/h3-6,8-9,11-12,15-16H,7H2,1-2H3,(H,26,27)/t9-,11-,12-,15-,16+/m0/s1. The van der Waals surface area contributed by atoms with Crippen LogP contribution in [0.25, 0.3) is 0 Å². The number of carbonyl (C=O) groups excluding carboxylic acids is 2. The molecule has 9 heteroatoms. The molecule has 0 unspecified atom stereocenters. The van der Waals surface area contributed by atoms with Crippen molar-refractivity contribution in [3.63, 3.8) is 0 Å². The third kappa shape index (κ3) is 3.17. The smallest absolute Gasteiger partial charge is 0.344 e. The summed E-state index contributed by atoms with van der Waals surface area (Å²) < 4.78 is 10.6. The molecule has 1 N–H and O–H groups in total. The number of rotatable bonds is 6. The second-order valence-corrected chi connectivity index (χ2v) is 7.77. The first-order valence-corrected chi connectivity index (χ1v) is 9.56. The second kappa shape index (κ2) is 7.18. The zero-order valence-corrected chi connectivity index (χ0v) is 16.5. The maximum Gasteiger partial charge on any atom is 0.344 e. The number of carboxylic acids is 1. The molecule has 0 aromatic heterocycles. The lowest BCUT2D eigenvalue weighted by molar-refractivity contribution is -0.144. The third-order valence-corrected chi connectivity index (χ3v) is 5.94. The predicted molar refractivity (Wildman–Crippen MR) is 103 cm³/mol. The van der Waals surface area contributed by atoms with E-state index in [1.54, 1.807) is 0 Å². The van der Waals surface area contributed by atoms with Crippen LogP contribution in [0.4, 0.5) is 0 Å². The van der Waals surface area contributed by atoms with Gasteiger partial charge in [-0.3, -0.25) is 9.59 Å². The molecule has 3 aliphatic rings. The SMILES string of the molecule is COc1cc(C=NN2C(=O)[C@@H]3[C@H](C2=O)[C@H]2C=C[C@H]3C2)cc(Cl)c1O[C@@H](C)C(=O)O. The van der Waals surface area contributed by atoms with Crippen LogP contribution in [0.5, 0.6) is 11.5 Å². The van der Waals surface area contributed by atoms with E-state index in [0.29, 0.717) is 5.56 Å². The van der Waals surface area contributed by atoms with Gasteiger partial charge in [0.15, 0.2) is 17.6 Å². The summed E-state index contributed by atoms with van der Waals surface area (Å²) in [5.74, 6) is -1.80. The summed E-state index contributed by atoms with van der Waals surface area (Å²) in [5.41, 5.74) is 0.473. The van der Waals surface area contributed by atoms with Crippen molar-refractivity contribution in [3.05, 3.63) is 34.9 Å². The summed E-state index contributed by atoms with van der Waals surface area (Å²) in [7, 11) is 1.39. The number of hydrogen-bond donors (Lipinski definition) is 1. The number of carbonyl (C=O) groups is 3. The van der Waals surface area contributed by atoms with Gasteiger partial charge in [0.25, 0.3) is 11.8 Å². The Labute approximate surface area is 171 Å². The van der Waals surface area contributed by atoms with Gasteiger partial charge < -0.3 is 14.6 Å². The van der Waals surface area contributed by atoms with Crippen LogP contribution in [0.3, 0.4) is 0 Å². The molecule has 8 nitrogen and oxygen atoms in total. The molecule has 2 aliphatic carbocycles. The number of hydrogen-bond acceptors (Lipinski definition) is 6. The van der Waals surface area contributed by atoms with Crippen LogP contribution >= 0.6 is 11.6 Å². The summed E-state index contributed by atoms with van der Waals surface area (Å²) >= 11 is 6.22. The predicted octanol–water partition coefficient (Wildman–Crippen LogP) is 2.34. The van der Waals surface area contributed by atoms with Crippen LogP contribution in [0, 0.1) is 23.7 Å². The number of ether oxygens (including phenoxy) is 2. The van der Waals surface area contributed by atoms with Gasteiger partial charge in [0.2, 0.25) is 0 Å². The number of carboxylic acid groups (broad SMARTS) is 1. The van der Waals surface area contributed by atoms with Crippen molar-refractivity contribution in [3.8, 4) is 11.5 Å². The van der Waals surface area contributed by atoms with Crippen LogP contribution in [0.2, 0.25) is 5.02 Å². The number of nitrogens with zero attached hydrogens (tertiary/aromatic N) is 2. The molecule has 2 fully saturated rings. The third-order valence-electron chi connectivity index (χ3n) is 5.66. The first kappa shape index (κ1) is 19.4. The number of methoxy groups -OCH3 is 1. The Morgan fingerprint density at radius 2 is 1.90 bits per heavy atom. The van der Waals surface area contributed by atoms with Crippen molar-refractivity contribution >= 4 is 35.6 Å². The molecule has 1 heterocycles. The molecule has 1 aromatic rings. The fraction of sp³-hybridized carbons (Fsp3) is 0.400. The van der Waals surface area contributed by atoms with Crippen molar-refractivity contribution in [2.45, 2.75) is 19.4 Å². The molecule has 29 heavy (non-hydrogen) atoms. The van der Waals surface area contributed by atoms with E-state index < -0.39 is 12.1 Å². The van der Waals surface area contributed by atoms with Gasteiger partial charge in [0, 0.05) is 0 Å². The number of allylic oxidation sites excluding steroid dienone is 2. The minimum absolute atomic E-state index is 0.0896. The van der Waals surface area contributed by atoms with Crippen LogP contribution in [-0.4, -0.2) is 47.3 Å². The van der Waals surface area contributed by atoms with E-state index in [0.717, 1.165) is 11.4 Å². The Balaban J connectivity index is 1.56. The molecule has 152 valence electrons. The van der Waals surface area contributed by atoms with Gasteiger partial charge in [-0.15, -0.1) is 0 Å². The molecule has 1 saturated heterocycles. The molecular weight excluding hydrogens is 400 g/mol. The number of amides is 2.